The van der Waals surface area contributed by atoms with Gasteiger partial charge in [-0.3, -0.25) is 0 Å². The topological polar surface area (TPSA) is 62.1 Å². The Morgan fingerprint density at radius 1 is 1.37 bits per heavy atom. The molecule has 0 spiro atoms. The van der Waals surface area contributed by atoms with Crippen molar-refractivity contribution in [1.82, 2.24) is 5.32 Å². The molecule has 0 heterocycles. The number of fused-ring (bicyclic) bond motifs is 5. The van der Waals surface area contributed by atoms with E-state index in [1.165, 1.54) is 31.2 Å². The van der Waals surface area contributed by atoms with Gasteiger partial charge in [0.05, 0.1) is 7.11 Å². The Bertz CT molecular complexity index is 774. The van der Waals surface area contributed by atoms with Crippen molar-refractivity contribution in [2.75, 3.05) is 7.11 Å². The van der Waals surface area contributed by atoms with Crippen LogP contribution >= 0.6 is 0 Å². The van der Waals surface area contributed by atoms with Crippen molar-refractivity contribution in [3.05, 3.63) is 29.3 Å². The van der Waals surface area contributed by atoms with Crippen molar-refractivity contribution < 1.29 is 9.53 Å². The van der Waals surface area contributed by atoms with Crippen molar-refractivity contribution >= 4 is 20.9 Å². The van der Waals surface area contributed by atoms with Crippen LogP contribution in [0.15, 0.2) is 18.2 Å². The Balaban J connectivity index is 1.52. The fraction of sp³-hybridized carbons (Fsp3) is 0.636. The molecule has 1 N–H and O–H groups in total. The Labute approximate surface area is 168 Å². The Morgan fingerprint density at radius 3 is 3.00 bits per heavy atom. The molecule has 144 valence electrons. The van der Waals surface area contributed by atoms with Gasteiger partial charge in [0.25, 0.3) is 0 Å². The number of carbonyl (C=O) groups is 1. The molecule has 0 aromatic heterocycles. The SMILES string of the molecule is COc1ccc2c(c1)CC[C@@H]1[C@@H]2CC[C@]2(C)C(NC(=O)C[Se]C#N)CC[C@@H]12. The van der Waals surface area contributed by atoms with Crippen LogP contribution in [0, 0.1) is 27.5 Å². The van der Waals surface area contributed by atoms with Crippen LogP contribution in [0.4, 0.5) is 0 Å². The van der Waals surface area contributed by atoms with Crippen LogP contribution in [-0.4, -0.2) is 34.0 Å². The second kappa shape index (κ2) is 7.49. The van der Waals surface area contributed by atoms with Crippen molar-refractivity contribution in [2.45, 2.75) is 62.7 Å². The molecule has 2 fully saturated rings. The summed E-state index contributed by atoms with van der Waals surface area (Å²) in [7, 11) is 1.74. The fourth-order valence-electron chi connectivity index (χ4n) is 6.26. The van der Waals surface area contributed by atoms with E-state index in [2.05, 4.69) is 35.4 Å². The molecule has 5 heteroatoms. The van der Waals surface area contributed by atoms with Crippen LogP contribution in [0.3, 0.4) is 0 Å². The molecule has 4 nitrogen and oxygen atoms in total. The zero-order valence-electron chi connectivity index (χ0n) is 16.2. The molecule has 1 aromatic carbocycles. The number of rotatable bonds is 4. The van der Waals surface area contributed by atoms with Crippen LogP contribution in [0.2, 0.25) is 5.32 Å². The number of hydrogen-bond donors (Lipinski definition) is 1. The van der Waals surface area contributed by atoms with Crippen LogP contribution < -0.4 is 10.1 Å². The molecule has 0 saturated heterocycles. The van der Waals surface area contributed by atoms with E-state index in [4.69, 9.17) is 10.00 Å². The summed E-state index contributed by atoms with van der Waals surface area (Å²) < 4.78 is 5.42. The zero-order valence-corrected chi connectivity index (χ0v) is 17.9. The van der Waals surface area contributed by atoms with Crippen molar-refractivity contribution in [3.8, 4) is 10.7 Å². The van der Waals surface area contributed by atoms with E-state index < -0.39 is 0 Å². The molecule has 3 aliphatic carbocycles. The summed E-state index contributed by atoms with van der Waals surface area (Å²) in [5, 5.41) is 12.4. The molecule has 0 aliphatic heterocycles. The summed E-state index contributed by atoms with van der Waals surface area (Å²) in [4.78, 5) is 14.4. The summed E-state index contributed by atoms with van der Waals surface area (Å²) in [5.41, 5.74) is 3.22. The van der Waals surface area contributed by atoms with E-state index in [1.807, 2.05) is 0 Å². The predicted octanol–water partition coefficient (Wildman–Crippen LogP) is 3.64. The number of benzene rings is 1. The van der Waals surface area contributed by atoms with E-state index in [-0.39, 0.29) is 32.3 Å². The van der Waals surface area contributed by atoms with Gasteiger partial charge in [-0.2, -0.15) is 0 Å². The average molecular weight is 431 g/mol. The number of nitrogens with one attached hydrogen (secondary N) is 1. The minimum atomic E-state index is -0.227. The summed E-state index contributed by atoms with van der Waals surface area (Å²) in [6, 6.07) is 6.92. The number of nitriles is 1. The first-order valence-electron chi connectivity index (χ1n) is 10.0. The van der Waals surface area contributed by atoms with Crippen LogP contribution in [0.5, 0.6) is 5.75 Å². The summed E-state index contributed by atoms with van der Waals surface area (Å²) >= 11 is -0.227. The zero-order chi connectivity index (χ0) is 19.0. The molecular formula is C22H28N2O2Se. The Morgan fingerprint density at radius 2 is 2.22 bits per heavy atom. The molecule has 5 atom stereocenters. The Hall–Kier alpha value is -1.50. The van der Waals surface area contributed by atoms with E-state index in [0.29, 0.717) is 17.2 Å². The molecule has 1 unspecified atom stereocenters. The van der Waals surface area contributed by atoms with Crippen LogP contribution in [0.25, 0.3) is 0 Å². The molecule has 4 rings (SSSR count). The number of methoxy groups -OCH3 is 1. The number of aryl methyl sites for hydroxylation is 1. The molecule has 1 aromatic rings. The molecule has 1 amide bonds. The van der Waals surface area contributed by atoms with Gasteiger partial charge in [-0.15, -0.1) is 0 Å². The first-order chi connectivity index (χ1) is 13.1. The van der Waals surface area contributed by atoms with E-state index in [1.54, 1.807) is 12.7 Å². The third kappa shape index (κ3) is 3.28. The van der Waals surface area contributed by atoms with Gasteiger partial charge in [-0.05, 0) is 0 Å². The average Bonchev–Trinajstić information content (AvgIpc) is 3.02. The molecular weight excluding hydrogens is 403 g/mol. The summed E-state index contributed by atoms with van der Waals surface area (Å²) in [5.74, 6) is 3.13. The Kier molecular flexibility index (Phi) is 5.23. The van der Waals surface area contributed by atoms with Gasteiger partial charge in [-0.1, -0.05) is 0 Å². The number of ether oxygens (including phenoxy) is 1. The number of amides is 1. The van der Waals surface area contributed by atoms with Crippen LogP contribution in [-0.2, 0) is 11.2 Å². The van der Waals surface area contributed by atoms with Gasteiger partial charge >= 0.3 is 156 Å². The maximum absolute atomic E-state index is 12.2. The molecule has 3 aliphatic rings. The maximum atomic E-state index is 12.2. The van der Waals surface area contributed by atoms with E-state index >= 15 is 0 Å². The van der Waals surface area contributed by atoms with Crippen molar-refractivity contribution in [2.24, 2.45) is 17.3 Å². The van der Waals surface area contributed by atoms with E-state index in [9.17, 15) is 4.79 Å². The molecule has 27 heavy (non-hydrogen) atoms. The van der Waals surface area contributed by atoms with Crippen molar-refractivity contribution in [1.29, 1.82) is 5.26 Å². The summed E-state index contributed by atoms with van der Waals surface area (Å²) in [6.07, 6.45) is 7.10. The first-order valence-corrected chi connectivity index (χ1v) is 12.1. The standard InChI is InChI=1S/C22H28N2O2Se/c1-22-10-9-17-16-6-4-15(26-2)11-14(16)3-5-18(17)19(22)7-8-20(22)24-21(25)12-27-13-23/h4,6,11,17-20H,3,5,7-10,12H2,1-2H3,(H,24,25)/t17-,18-,19+,20?,22+/m1/s1. The predicted molar refractivity (Wildman–Crippen MR) is 106 cm³/mol. The van der Waals surface area contributed by atoms with Gasteiger partial charge in [0, 0.05) is 0 Å². The normalized spacial score (nSPS) is 34.0. The minimum absolute atomic E-state index is 0.0756. The monoisotopic (exact) mass is 432 g/mol. The summed E-state index contributed by atoms with van der Waals surface area (Å²) in [6.45, 7) is 2.41. The third-order valence-electron chi connectivity index (χ3n) is 7.54. The van der Waals surface area contributed by atoms with Crippen LogP contribution in [0.1, 0.15) is 56.1 Å². The molecule has 0 radical (unpaired) electrons. The van der Waals surface area contributed by atoms with E-state index in [0.717, 1.165) is 24.5 Å². The van der Waals surface area contributed by atoms with Gasteiger partial charge in [-0.25, -0.2) is 0 Å². The fourth-order valence-corrected chi connectivity index (χ4v) is 6.84. The number of hydrogen-bond acceptors (Lipinski definition) is 3. The van der Waals surface area contributed by atoms with Gasteiger partial charge in [0.15, 0.2) is 0 Å². The van der Waals surface area contributed by atoms with Crippen molar-refractivity contribution in [3.63, 3.8) is 0 Å². The first kappa shape index (κ1) is 18.8. The van der Waals surface area contributed by atoms with Gasteiger partial charge in [0.1, 0.15) is 0 Å². The second-order valence-electron chi connectivity index (χ2n) is 8.60. The number of carbonyl (C=O) groups excluding carboxylic acids is 1. The number of nitrogens with zero attached hydrogens (tertiary/aromatic N) is 1. The van der Waals surface area contributed by atoms with Gasteiger partial charge < -0.3 is 4.74 Å². The third-order valence-corrected chi connectivity index (χ3v) is 8.66. The molecule has 2 saturated carbocycles. The van der Waals surface area contributed by atoms with Gasteiger partial charge in [0.2, 0.25) is 0 Å². The second-order valence-corrected chi connectivity index (χ2v) is 10.2. The quantitative estimate of drug-likeness (QED) is 0.741. The molecule has 0 bridgehead atoms.